The molecular formula is C16H26BCsN4O2. The van der Waals surface area contributed by atoms with Gasteiger partial charge in [0.15, 0.2) is 0 Å². The SMILES string of the molecule is O=C1CNCC(=O)NCCNCCN1.[B]c1ccc(C)cc1.[CH3-].[Cs+]. The van der Waals surface area contributed by atoms with Gasteiger partial charge < -0.3 is 23.4 Å². The molecule has 0 aliphatic carbocycles. The summed E-state index contributed by atoms with van der Waals surface area (Å²) in [5.41, 5.74) is 2.08. The smallest absolute Gasteiger partial charge is 0.358 e. The van der Waals surface area contributed by atoms with Gasteiger partial charge in [0.1, 0.15) is 7.85 Å². The molecular weight excluding hydrogens is 424 g/mol. The van der Waals surface area contributed by atoms with E-state index in [-0.39, 0.29) is 101 Å². The molecule has 2 radical (unpaired) electrons. The summed E-state index contributed by atoms with van der Waals surface area (Å²) >= 11 is 0. The number of carbonyl (C=O) groups excluding carboxylic acids is 2. The Morgan fingerprint density at radius 2 is 1.29 bits per heavy atom. The zero-order chi connectivity index (χ0) is 16.2. The Labute approximate surface area is 205 Å². The number of nitrogens with one attached hydrogen (secondary N) is 4. The Hall–Kier alpha value is 0.197. The maximum Gasteiger partial charge on any atom is 1.00 e. The molecule has 126 valence electrons. The van der Waals surface area contributed by atoms with Crippen LogP contribution < -0.4 is 95.6 Å². The third kappa shape index (κ3) is 14.5. The predicted octanol–water partition coefficient (Wildman–Crippen LogP) is -4.35. The number of aryl methyl sites for hydroxylation is 1. The molecule has 1 aromatic carbocycles. The van der Waals surface area contributed by atoms with E-state index in [4.69, 9.17) is 7.85 Å². The van der Waals surface area contributed by atoms with Crippen LogP contribution >= 0.6 is 0 Å². The van der Waals surface area contributed by atoms with Gasteiger partial charge >= 0.3 is 68.9 Å². The van der Waals surface area contributed by atoms with E-state index < -0.39 is 0 Å². The van der Waals surface area contributed by atoms with E-state index in [9.17, 15) is 9.59 Å². The summed E-state index contributed by atoms with van der Waals surface area (Å²) < 4.78 is 0. The van der Waals surface area contributed by atoms with Gasteiger partial charge in [-0.3, -0.25) is 14.9 Å². The summed E-state index contributed by atoms with van der Waals surface area (Å²) in [6.07, 6.45) is 0. The van der Waals surface area contributed by atoms with Crippen molar-refractivity contribution < 1.29 is 78.5 Å². The third-order valence-electron chi connectivity index (χ3n) is 2.90. The molecule has 1 aliphatic rings. The summed E-state index contributed by atoms with van der Waals surface area (Å²) in [4.78, 5) is 22.1. The average Bonchev–Trinajstić information content (AvgIpc) is 2.48. The second-order valence-corrected chi connectivity index (χ2v) is 4.96. The fraction of sp³-hybridized carbons (Fsp3) is 0.438. The fourth-order valence-corrected chi connectivity index (χ4v) is 1.69. The summed E-state index contributed by atoms with van der Waals surface area (Å²) in [6.45, 7) is 5.10. The van der Waals surface area contributed by atoms with Crippen LogP contribution in [0, 0.1) is 14.4 Å². The molecule has 0 saturated carbocycles. The van der Waals surface area contributed by atoms with Crippen LogP contribution in [0.3, 0.4) is 0 Å². The van der Waals surface area contributed by atoms with Crippen molar-refractivity contribution in [2.24, 2.45) is 0 Å². The summed E-state index contributed by atoms with van der Waals surface area (Å²) in [5.74, 6) is -0.166. The average molecular weight is 450 g/mol. The van der Waals surface area contributed by atoms with Crippen LogP contribution in [0.15, 0.2) is 24.3 Å². The monoisotopic (exact) mass is 450 g/mol. The number of benzene rings is 1. The van der Waals surface area contributed by atoms with Crippen LogP contribution in [0.2, 0.25) is 0 Å². The maximum absolute atomic E-state index is 11.1. The Balaban J connectivity index is 0. The van der Waals surface area contributed by atoms with E-state index in [1.165, 1.54) is 5.56 Å². The third-order valence-corrected chi connectivity index (χ3v) is 2.90. The molecule has 0 bridgehead atoms. The summed E-state index contributed by atoms with van der Waals surface area (Å²) in [6, 6.07) is 7.79. The van der Waals surface area contributed by atoms with E-state index in [1.54, 1.807) is 0 Å². The van der Waals surface area contributed by atoms with Crippen LogP contribution in [0.25, 0.3) is 0 Å². The van der Waals surface area contributed by atoms with Crippen molar-refractivity contribution in [1.82, 2.24) is 21.3 Å². The molecule has 6 nitrogen and oxygen atoms in total. The van der Waals surface area contributed by atoms with E-state index >= 15 is 0 Å². The van der Waals surface area contributed by atoms with Crippen molar-refractivity contribution >= 4 is 25.1 Å². The minimum absolute atomic E-state index is 0. The zero-order valence-corrected chi connectivity index (χ0v) is 21.2. The largest absolute Gasteiger partial charge is 1.00 e. The van der Waals surface area contributed by atoms with Crippen LogP contribution in [-0.2, 0) is 9.59 Å². The minimum atomic E-state index is -0.0832. The van der Waals surface area contributed by atoms with Crippen molar-refractivity contribution in [2.75, 3.05) is 39.3 Å². The van der Waals surface area contributed by atoms with E-state index in [1.807, 2.05) is 31.2 Å². The van der Waals surface area contributed by atoms with Crippen molar-refractivity contribution in [1.29, 1.82) is 0 Å². The Morgan fingerprint density at radius 1 is 0.833 bits per heavy atom. The molecule has 0 aromatic heterocycles. The number of hydrogen-bond acceptors (Lipinski definition) is 4. The standard InChI is InChI=1S/C8H16N4O2.C7H7B.CH3.Cs/c13-7-5-10-6-8(14)12-4-2-9-1-3-11-7;1-6-2-4-7(8)5-3-6;;/h9-10H,1-6H2,(H,11,13)(H,12,14);2-5H,1H3;1H3;/q;;-1;+1. The van der Waals surface area contributed by atoms with Gasteiger partial charge in [0.2, 0.25) is 11.8 Å². The molecule has 24 heavy (non-hydrogen) atoms. The summed E-state index contributed by atoms with van der Waals surface area (Å²) in [5, 5.41) is 11.3. The van der Waals surface area contributed by atoms with E-state index in [0.717, 1.165) is 18.6 Å². The Morgan fingerprint density at radius 3 is 1.71 bits per heavy atom. The van der Waals surface area contributed by atoms with Gasteiger partial charge in [-0.25, -0.2) is 0 Å². The number of carbonyl (C=O) groups is 2. The van der Waals surface area contributed by atoms with Gasteiger partial charge in [0.05, 0.1) is 13.1 Å². The molecule has 0 atom stereocenters. The predicted molar refractivity (Wildman–Crippen MR) is 94.7 cm³/mol. The van der Waals surface area contributed by atoms with Gasteiger partial charge in [-0.15, -0.1) is 0 Å². The molecule has 2 amide bonds. The van der Waals surface area contributed by atoms with Crippen molar-refractivity contribution in [3.63, 3.8) is 0 Å². The molecule has 1 aliphatic heterocycles. The molecule has 1 heterocycles. The van der Waals surface area contributed by atoms with Crippen LogP contribution in [0.5, 0.6) is 0 Å². The molecule has 8 heteroatoms. The quantitative estimate of drug-likeness (QED) is 0.238. The molecule has 4 N–H and O–H groups in total. The Kier molecular flexibility index (Phi) is 18.3. The van der Waals surface area contributed by atoms with E-state index in [2.05, 4.69) is 21.3 Å². The van der Waals surface area contributed by atoms with Gasteiger partial charge in [-0.2, -0.15) is 0 Å². The molecule has 1 saturated heterocycles. The second-order valence-electron chi connectivity index (χ2n) is 4.96. The molecule has 2 rings (SSSR count). The van der Waals surface area contributed by atoms with E-state index in [0.29, 0.717) is 13.1 Å². The van der Waals surface area contributed by atoms with Gasteiger partial charge in [0, 0.05) is 26.2 Å². The number of hydrogen-bond donors (Lipinski definition) is 4. The minimum Gasteiger partial charge on any atom is -0.358 e. The van der Waals surface area contributed by atoms with Crippen LogP contribution in [-0.4, -0.2) is 58.9 Å². The van der Waals surface area contributed by atoms with Crippen LogP contribution in [0.4, 0.5) is 0 Å². The summed E-state index contributed by atoms with van der Waals surface area (Å²) in [7, 11) is 5.43. The number of amides is 2. The first kappa shape index (κ1) is 26.4. The topological polar surface area (TPSA) is 82.3 Å². The Bertz CT molecular complexity index is 431. The fourth-order valence-electron chi connectivity index (χ4n) is 1.69. The first-order chi connectivity index (χ1) is 10.6. The van der Waals surface area contributed by atoms with Crippen LogP contribution in [0.1, 0.15) is 5.56 Å². The van der Waals surface area contributed by atoms with Crippen molar-refractivity contribution in [2.45, 2.75) is 6.92 Å². The first-order valence-electron chi connectivity index (χ1n) is 7.35. The van der Waals surface area contributed by atoms with Gasteiger partial charge in [-0.05, 0) is 6.92 Å². The number of rotatable bonds is 0. The molecule has 0 unspecified atom stereocenters. The molecule has 1 aromatic rings. The van der Waals surface area contributed by atoms with Gasteiger partial charge in [-0.1, -0.05) is 35.3 Å². The second kappa shape index (κ2) is 16.7. The maximum atomic E-state index is 11.1. The van der Waals surface area contributed by atoms with Crippen molar-refractivity contribution in [3.05, 3.63) is 37.3 Å². The normalized spacial score (nSPS) is 15.5. The van der Waals surface area contributed by atoms with Crippen molar-refractivity contribution in [3.8, 4) is 0 Å². The zero-order valence-electron chi connectivity index (χ0n) is 14.9. The van der Waals surface area contributed by atoms with Gasteiger partial charge in [0.25, 0.3) is 0 Å². The molecule has 1 fully saturated rings. The molecule has 0 spiro atoms. The first-order valence-corrected chi connectivity index (χ1v) is 7.35.